The van der Waals surface area contributed by atoms with Crippen molar-refractivity contribution in [1.82, 2.24) is 13.7 Å². The summed E-state index contributed by atoms with van der Waals surface area (Å²) in [6, 6.07) is 71.3. The fraction of sp³-hybridized carbons (Fsp3) is 0. The van der Waals surface area contributed by atoms with Crippen LogP contribution < -0.4 is 5.56 Å². The predicted octanol–water partition coefficient (Wildman–Crippen LogP) is 14.1. The van der Waals surface area contributed by atoms with Crippen LogP contribution in [-0.4, -0.2) is 13.7 Å². The summed E-state index contributed by atoms with van der Waals surface area (Å²) in [6.45, 7) is 0. The van der Waals surface area contributed by atoms with E-state index in [1.807, 2.05) is 22.8 Å². The van der Waals surface area contributed by atoms with E-state index in [0.717, 1.165) is 70.8 Å². The smallest absolute Gasteiger partial charge is 0.263 e. The first-order valence-corrected chi connectivity index (χ1v) is 21.1. The van der Waals surface area contributed by atoms with Gasteiger partial charge in [-0.25, -0.2) is 0 Å². The molecule has 5 heteroatoms. The third kappa shape index (κ3) is 4.78. The fourth-order valence-electron chi connectivity index (χ4n) is 9.74. The van der Waals surface area contributed by atoms with Crippen molar-refractivity contribution in [3.63, 3.8) is 0 Å². The lowest BCUT2D eigenvalue weighted by Gasteiger charge is -2.24. The zero-order valence-electron chi connectivity index (χ0n) is 32.2. The molecule has 1 aliphatic rings. The van der Waals surface area contributed by atoms with Crippen LogP contribution in [0.1, 0.15) is 0 Å². The molecule has 0 fully saturated rings. The van der Waals surface area contributed by atoms with Gasteiger partial charge in [-0.1, -0.05) is 121 Å². The van der Waals surface area contributed by atoms with Crippen LogP contribution in [0.3, 0.4) is 0 Å². The summed E-state index contributed by atoms with van der Waals surface area (Å²) in [5.74, 6) is 0. The molecule has 0 amide bonds. The molecule has 13 rings (SSSR count). The zero-order valence-corrected chi connectivity index (χ0v) is 33.0. The van der Waals surface area contributed by atoms with Gasteiger partial charge in [0, 0.05) is 53.5 Å². The molecule has 0 saturated carbocycles. The van der Waals surface area contributed by atoms with Crippen LogP contribution in [0.15, 0.2) is 215 Å². The number of aromatic nitrogens is 3. The Hall–Kier alpha value is -7.60. The second-order valence-corrected chi connectivity index (χ2v) is 16.8. The van der Waals surface area contributed by atoms with Crippen LogP contribution in [0.25, 0.3) is 105 Å². The summed E-state index contributed by atoms with van der Waals surface area (Å²) < 4.78 is 6.66. The molecule has 4 nitrogen and oxygen atoms in total. The molecule has 0 unspecified atom stereocenters. The third-order valence-electron chi connectivity index (χ3n) is 12.4. The first-order chi connectivity index (χ1) is 29.7. The molecule has 0 aliphatic carbocycles. The van der Waals surface area contributed by atoms with Gasteiger partial charge in [-0.2, -0.15) is 0 Å². The maximum Gasteiger partial charge on any atom is 0.263 e. The van der Waals surface area contributed by atoms with E-state index in [2.05, 4.69) is 191 Å². The van der Waals surface area contributed by atoms with Crippen molar-refractivity contribution in [2.24, 2.45) is 0 Å². The quantitative estimate of drug-likeness (QED) is 0.167. The Labute approximate surface area is 348 Å². The van der Waals surface area contributed by atoms with Crippen molar-refractivity contribution in [1.29, 1.82) is 0 Å². The van der Waals surface area contributed by atoms with Gasteiger partial charge in [-0.15, -0.1) is 0 Å². The van der Waals surface area contributed by atoms with Crippen molar-refractivity contribution < 1.29 is 0 Å². The van der Waals surface area contributed by atoms with E-state index in [1.165, 1.54) is 43.6 Å². The van der Waals surface area contributed by atoms with E-state index < -0.39 is 0 Å². The number of hydrogen-bond acceptors (Lipinski definition) is 2. The molecular formula is C55H33N3OS. The zero-order chi connectivity index (χ0) is 39.5. The minimum atomic E-state index is 0.00619. The van der Waals surface area contributed by atoms with Gasteiger partial charge in [0.25, 0.3) is 5.56 Å². The highest BCUT2D eigenvalue weighted by Gasteiger charge is 2.25. The SMILES string of the molecule is O=c1c2ccccc2c2cc(-c3ccc4c(c3)c3ccccc3n4-c3ccccc3)cc3c2n1-c1ccc(-c2ccc4c(c2)c2ccccc2n4-c2ccccc2)cc1S3. The first kappa shape index (κ1) is 33.4. The van der Waals surface area contributed by atoms with E-state index in [-0.39, 0.29) is 5.56 Å². The Morgan fingerprint density at radius 1 is 0.317 bits per heavy atom. The predicted molar refractivity (Wildman–Crippen MR) is 251 cm³/mol. The third-order valence-corrected chi connectivity index (χ3v) is 13.5. The van der Waals surface area contributed by atoms with Crippen molar-refractivity contribution in [3.8, 4) is 39.3 Å². The van der Waals surface area contributed by atoms with E-state index in [4.69, 9.17) is 0 Å². The van der Waals surface area contributed by atoms with Crippen molar-refractivity contribution in [2.45, 2.75) is 9.79 Å². The standard InChI is InChI=1S/C55H33N3OS/c59-55-43-20-8-7-17-40(43)46-31-37(35-24-27-50-45(30-35)42-19-10-12-22-48(42)57(50)39-15-5-2-6-16-39)33-53-54(46)58(55)51-28-25-36(32-52(51)60-53)34-23-26-49-44(29-34)41-18-9-11-21-47(41)56(49)38-13-3-1-4-14-38/h1-33H. The lowest BCUT2D eigenvalue weighted by atomic mass is 9.98. The molecule has 4 heterocycles. The lowest BCUT2D eigenvalue weighted by Crippen LogP contribution is -2.22. The number of pyridine rings is 1. The van der Waals surface area contributed by atoms with Gasteiger partial charge in [0.15, 0.2) is 0 Å². The Bertz CT molecular complexity index is 3820. The molecule has 280 valence electrons. The summed E-state index contributed by atoms with van der Waals surface area (Å²) in [5.41, 5.74) is 13.4. The highest BCUT2D eigenvalue weighted by Crippen LogP contribution is 2.47. The molecule has 0 radical (unpaired) electrons. The maximum atomic E-state index is 14.6. The van der Waals surface area contributed by atoms with E-state index in [9.17, 15) is 4.79 Å². The summed E-state index contributed by atoms with van der Waals surface area (Å²) >= 11 is 1.76. The largest absolute Gasteiger partial charge is 0.309 e. The molecule has 60 heavy (non-hydrogen) atoms. The van der Waals surface area contributed by atoms with E-state index in [0.29, 0.717) is 0 Å². The highest BCUT2D eigenvalue weighted by atomic mass is 32.2. The van der Waals surface area contributed by atoms with Crippen LogP contribution in [0.4, 0.5) is 0 Å². The Kier molecular flexibility index (Phi) is 7.06. The average molecular weight is 784 g/mol. The minimum absolute atomic E-state index is 0.00619. The minimum Gasteiger partial charge on any atom is -0.309 e. The van der Waals surface area contributed by atoms with Gasteiger partial charge in [-0.3, -0.25) is 9.36 Å². The van der Waals surface area contributed by atoms with Crippen molar-refractivity contribution >= 4 is 77.0 Å². The maximum absolute atomic E-state index is 14.6. The number of hydrogen-bond donors (Lipinski definition) is 0. The molecule has 0 atom stereocenters. The van der Waals surface area contributed by atoms with Crippen LogP contribution in [0, 0.1) is 0 Å². The normalized spacial score (nSPS) is 12.3. The van der Waals surface area contributed by atoms with E-state index >= 15 is 0 Å². The summed E-state index contributed by atoms with van der Waals surface area (Å²) in [6.07, 6.45) is 0. The number of benzene rings is 9. The second kappa shape index (κ2) is 12.7. The summed E-state index contributed by atoms with van der Waals surface area (Å²) in [4.78, 5) is 16.7. The Morgan fingerprint density at radius 2 is 0.767 bits per heavy atom. The van der Waals surface area contributed by atoms with Gasteiger partial charge in [0.1, 0.15) is 0 Å². The number of nitrogens with zero attached hydrogens (tertiary/aromatic N) is 3. The Balaban J connectivity index is 0.992. The average Bonchev–Trinajstić information content (AvgIpc) is 3.82. The second-order valence-electron chi connectivity index (χ2n) is 15.7. The Morgan fingerprint density at radius 3 is 1.38 bits per heavy atom. The van der Waals surface area contributed by atoms with Gasteiger partial charge in [-0.05, 0) is 119 Å². The van der Waals surface area contributed by atoms with Gasteiger partial charge < -0.3 is 9.13 Å². The lowest BCUT2D eigenvalue weighted by molar-refractivity contribution is 1.00. The topological polar surface area (TPSA) is 31.9 Å². The molecule has 0 bridgehead atoms. The first-order valence-electron chi connectivity index (χ1n) is 20.3. The molecule has 9 aromatic carbocycles. The highest BCUT2D eigenvalue weighted by molar-refractivity contribution is 7.99. The molecule has 0 saturated heterocycles. The van der Waals surface area contributed by atoms with Gasteiger partial charge in [0.2, 0.25) is 0 Å². The molecule has 12 aromatic rings. The van der Waals surface area contributed by atoms with Gasteiger partial charge >= 0.3 is 0 Å². The number of fused-ring (bicyclic) bond motifs is 10. The van der Waals surface area contributed by atoms with Crippen LogP contribution >= 0.6 is 11.8 Å². The molecular weight excluding hydrogens is 751 g/mol. The number of para-hydroxylation sites is 4. The molecule has 3 aromatic heterocycles. The molecule has 1 aliphatic heterocycles. The number of rotatable bonds is 4. The fourth-order valence-corrected chi connectivity index (χ4v) is 10.9. The van der Waals surface area contributed by atoms with Crippen molar-refractivity contribution in [3.05, 3.63) is 211 Å². The summed E-state index contributed by atoms with van der Waals surface area (Å²) in [5, 5.41) is 7.63. The monoisotopic (exact) mass is 783 g/mol. The van der Waals surface area contributed by atoms with E-state index in [1.54, 1.807) is 11.8 Å². The van der Waals surface area contributed by atoms with Crippen LogP contribution in [0.2, 0.25) is 0 Å². The molecule has 0 N–H and O–H groups in total. The molecule has 0 spiro atoms. The summed E-state index contributed by atoms with van der Waals surface area (Å²) in [7, 11) is 0. The van der Waals surface area contributed by atoms with Crippen molar-refractivity contribution in [2.75, 3.05) is 0 Å². The van der Waals surface area contributed by atoms with Gasteiger partial charge in [0.05, 0.1) is 33.3 Å². The van der Waals surface area contributed by atoms with Crippen LogP contribution in [0.5, 0.6) is 0 Å². The van der Waals surface area contributed by atoms with Crippen LogP contribution in [-0.2, 0) is 0 Å².